The molecule has 9 aromatic carbocycles. The Morgan fingerprint density at radius 3 is 1.35 bits per heavy atom. The molecule has 0 atom stereocenters. The van der Waals surface area contributed by atoms with Gasteiger partial charge in [0.05, 0.1) is 0 Å². The van der Waals surface area contributed by atoms with Gasteiger partial charge in [0.15, 0.2) is 25.5 Å². The Morgan fingerprint density at radius 1 is 0.298 bits per heavy atom. The molecular weight excluding hydrogens is 707 g/mol. The molecule has 2 heterocycles. The Morgan fingerprint density at radius 2 is 0.737 bits per heavy atom. The van der Waals surface area contributed by atoms with Crippen LogP contribution < -0.4 is 20.7 Å². The van der Waals surface area contributed by atoms with Crippen LogP contribution >= 0.6 is 0 Å². The summed E-state index contributed by atoms with van der Waals surface area (Å²) in [6, 6.07) is 76.6. The van der Waals surface area contributed by atoms with Gasteiger partial charge < -0.3 is 0 Å². The van der Waals surface area contributed by atoms with Gasteiger partial charge in [0.2, 0.25) is 0 Å². The van der Waals surface area contributed by atoms with E-state index >= 15 is 0 Å². The first-order valence-corrected chi connectivity index (χ1v) is 21.4. The normalized spacial score (nSPS) is 12.7. The number of nitrogens with zero attached hydrogens (tertiary/aromatic N) is 3. The second-order valence-corrected chi connectivity index (χ2v) is 18.4. The average Bonchev–Trinajstić information content (AvgIpc) is 3.62. The highest BCUT2D eigenvalue weighted by Gasteiger charge is 2.50. The van der Waals surface area contributed by atoms with Crippen molar-refractivity contribution in [1.82, 2.24) is 15.0 Å². The van der Waals surface area contributed by atoms with E-state index in [0.29, 0.717) is 17.5 Å². The standard InChI is InChI=1S/C53H35N3Si/c1-5-18-36(19-6-1)38-22-17-23-39(34-38)52-54-51(37-20-7-2-8-21-37)55-53(56-52)40-32-33-48-47(35-40)49-45-30-15-13-28-43(45)44-29-14-16-31-46(44)50(49)57(48,41-24-9-3-10-25-41)42-26-11-4-12-27-42/h1-35H. The number of benzene rings is 9. The molecule has 0 bridgehead atoms. The van der Waals surface area contributed by atoms with E-state index in [0.717, 1.165) is 27.8 Å². The van der Waals surface area contributed by atoms with Crippen molar-refractivity contribution in [2.45, 2.75) is 0 Å². The molecule has 0 fully saturated rings. The molecule has 3 nitrogen and oxygen atoms in total. The van der Waals surface area contributed by atoms with E-state index < -0.39 is 8.07 Å². The number of rotatable bonds is 6. The summed E-state index contributed by atoms with van der Waals surface area (Å²) >= 11 is 0. The predicted molar refractivity (Wildman–Crippen MR) is 239 cm³/mol. The zero-order valence-electron chi connectivity index (χ0n) is 31.0. The average molecular weight is 742 g/mol. The topological polar surface area (TPSA) is 38.7 Å². The molecule has 57 heavy (non-hydrogen) atoms. The maximum Gasteiger partial charge on any atom is 0.181 e. The third-order valence-electron chi connectivity index (χ3n) is 11.6. The fraction of sp³-hybridized carbons (Fsp3) is 0. The number of aromatic nitrogens is 3. The number of fused-ring (bicyclic) bond motifs is 8. The quantitative estimate of drug-likeness (QED) is 0.126. The lowest BCUT2D eigenvalue weighted by molar-refractivity contribution is 1.07. The molecule has 0 spiro atoms. The zero-order chi connectivity index (χ0) is 37.8. The summed E-state index contributed by atoms with van der Waals surface area (Å²) in [5.74, 6) is 1.94. The minimum atomic E-state index is -2.85. The van der Waals surface area contributed by atoms with Crippen LogP contribution in [0.5, 0.6) is 0 Å². The van der Waals surface area contributed by atoms with Crippen LogP contribution in [-0.2, 0) is 0 Å². The lowest BCUT2D eigenvalue weighted by Gasteiger charge is -2.32. The Balaban J connectivity index is 1.21. The predicted octanol–water partition coefficient (Wildman–Crippen LogP) is 10.2. The molecule has 0 amide bonds. The van der Waals surface area contributed by atoms with E-state index in [1.165, 1.54) is 53.4 Å². The van der Waals surface area contributed by atoms with Crippen molar-refractivity contribution in [2.75, 3.05) is 0 Å². The molecule has 0 N–H and O–H groups in total. The van der Waals surface area contributed by atoms with Gasteiger partial charge in [-0.2, -0.15) is 0 Å². The molecular formula is C53H35N3Si. The maximum atomic E-state index is 5.27. The van der Waals surface area contributed by atoms with Crippen LogP contribution in [0.3, 0.4) is 0 Å². The molecule has 1 aliphatic rings. The number of hydrogen-bond acceptors (Lipinski definition) is 3. The van der Waals surface area contributed by atoms with Crippen LogP contribution in [0.2, 0.25) is 0 Å². The molecule has 0 unspecified atom stereocenters. The highest BCUT2D eigenvalue weighted by molar-refractivity contribution is 7.23. The lowest BCUT2D eigenvalue weighted by atomic mass is 9.92. The van der Waals surface area contributed by atoms with Gasteiger partial charge in [-0.3, -0.25) is 0 Å². The molecule has 4 heteroatoms. The summed E-state index contributed by atoms with van der Waals surface area (Å²) in [6.45, 7) is 0. The molecule has 0 radical (unpaired) electrons. The van der Waals surface area contributed by atoms with Gasteiger partial charge in [-0.1, -0.05) is 200 Å². The van der Waals surface area contributed by atoms with E-state index in [1.807, 2.05) is 24.3 Å². The van der Waals surface area contributed by atoms with E-state index in [1.54, 1.807) is 0 Å². The van der Waals surface area contributed by atoms with Crippen molar-refractivity contribution < 1.29 is 0 Å². The SMILES string of the molecule is c1ccc(-c2cccc(-c3nc(-c4ccccc4)nc(-c4ccc5c(c4)-c4c(c6ccccc6c6ccccc46)[Si]5(c4ccccc4)c4ccccc4)n3)c2)cc1. The van der Waals surface area contributed by atoms with Gasteiger partial charge in [0, 0.05) is 16.7 Å². The minimum absolute atomic E-state index is 0.645. The second kappa shape index (κ2) is 13.5. The third kappa shape index (κ3) is 5.30. The maximum absolute atomic E-state index is 5.27. The summed E-state index contributed by atoms with van der Waals surface area (Å²) in [6.07, 6.45) is 0. The van der Waals surface area contributed by atoms with Crippen molar-refractivity contribution in [2.24, 2.45) is 0 Å². The van der Waals surface area contributed by atoms with E-state index in [9.17, 15) is 0 Å². The minimum Gasteiger partial charge on any atom is -0.208 e. The summed E-state index contributed by atoms with van der Waals surface area (Å²) in [4.78, 5) is 15.6. The van der Waals surface area contributed by atoms with Crippen molar-refractivity contribution in [3.05, 3.63) is 212 Å². The first-order chi connectivity index (χ1) is 28.3. The molecule has 0 saturated carbocycles. The fourth-order valence-electron chi connectivity index (χ4n) is 9.12. The van der Waals surface area contributed by atoms with Gasteiger partial charge in [-0.25, -0.2) is 15.0 Å². The fourth-order valence-corrected chi connectivity index (χ4v) is 14.5. The van der Waals surface area contributed by atoms with Gasteiger partial charge in [0.25, 0.3) is 0 Å². The van der Waals surface area contributed by atoms with Crippen LogP contribution in [0.25, 0.3) is 78.0 Å². The van der Waals surface area contributed by atoms with Crippen molar-refractivity contribution in [1.29, 1.82) is 0 Å². The van der Waals surface area contributed by atoms with Crippen LogP contribution in [-0.4, -0.2) is 23.0 Å². The zero-order valence-corrected chi connectivity index (χ0v) is 32.0. The Labute approximate surface area is 332 Å². The molecule has 0 aliphatic carbocycles. The smallest absolute Gasteiger partial charge is 0.181 e. The summed E-state index contributed by atoms with van der Waals surface area (Å²) in [5, 5.41) is 10.7. The van der Waals surface area contributed by atoms with Crippen LogP contribution in [0.4, 0.5) is 0 Å². The molecule has 11 rings (SSSR count). The first-order valence-electron chi connectivity index (χ1n) is 19.4. The van der Waals surface area contributed by atoms with Gasteiger partial charge >= 0.3 is 0 Å². The Hall–Kier alpha value is -7.27. The lowest BCUT2D eigenvalue weighted by Crippen LogP contribution is -2.73. The van der Waals surface area contributed by atoms with E-state index in [4.69, 9.17) is 15.0 Å². The largest absolute Gasteiger partial charge is 0.208 e. The van der Waals surface area contributed by atoms with Crippen molar-refractivity contribution in [3.8, 4) is 56.4 Å². The Kier molecular flexibility index (Phi) is 7.83. The van der Waals surface area contributed by atoms with Crippen LogP contribution in [0, 0.1) is 0 Å². The van der Waals surface area contributed by atoms with Crippen LogP contribution in [0.15, 0.2) is 212 Å². The molecule has 10 aromatic rings. The second-order valence-electron chi connectivity index (χ2n) is 14.7. The summed E-state index contributed by atoms with van der Waals surface area (Å²) in [7, 11) is -2.85. The van der Waals surface area contributed by atoms with Crippen LogP contribution in [0.1, 0.15) is 0 Å². The monoisotopic (exact) mass is 741 g/mol. The van der Waals surface area contributed by atoms with E-state index in [2.05, 4.69) is 188 Å². The van der Waals surface area contributed by atoms with Gasteiger partial charge in [0.1, 0.15) is 0 Å². The Bertz CT molecular complexity index is 3070. The highest BCUT2D eigenvalue weighted by atomic mass is 28.3. The van der Waals surface area contributed by atoms with Gasteiger partial charge in [-0.05, 0) is 76.7 Å². The molecule has 1 aromatic heterocycles. The molecule has 266 valence electrons. The first kappa shape index (κ1) is 33.1. The van der Waals surface area contributed by atoms with Gasteiger partial charge in [-0.15, -0.1) is 0 Å². The van der Waals surface area contributed by atoms with Crippen molar-refractivity contribution in [3.63, 3.8) is 0 Å². The van der Waals surface area contributed by atoms with E-state index in [-0.39, 0.29) is 0 Å². The third-order valence-corrected chi connectivity index (χ3v) is 16.5. The highest BCUT2D eigenvalue weighted by Crippen LogP contribution is 2.41. The summed E-state index contributed by atoms with van der Waals surface area (Å²) in [5.41, 5.74) is 7.69. The molecule has 1 aliphatic heterocycles. The summed E-state index contributed by atoms with van der Waals surface area (Å²) < 4.78 is 0. The molecule has 0 saturated heterocycles. The van der Waals surface area contributed by atoms with Crippen molar-refractivity contribution >= 4 is 50.4 Å². The number of hydrogen-bond donors (Lipinski definition) is 0.